The van der Waals surface area contributed by atoms with Crippen molar-refractivity contribution >= 4 is 191 Å². The van der Waals surface area contributed by atoms with Gasteiger partial charge in [-0.2, -0.15) is 0 Å². The molecule has 760 valence electrons. The Morgan fingerprint density at radius 1 is 0.380 bits per heavy atom. The summed E-state index contributed by atoms with van der Waals surface area (Å²) in [5.74, 6) is 1.83. The van der Waals surface area contributed by atoms with Gasteiger partial charge in [0.05, 0.1) is 75.0 Å². The standard InChI is InChI=1S/C24H36BNO6S.C18H26BrNO5S.C18H24BrNO4S.C18H26BrNO3S.C13H18BrNO3S.C7H6BrClS/c1-22(2)23(3,4)32-25(31-22)19-6-8-20(9-7-19)33(28,29)17-30-16-18-10-14-26(15-11-18)21(27)24(5)12-13-24;1-18(2,3)25-17(21)20-10-8-14(9-11-20)12-24-13-26(22,23)16-6-4-15(19)5-7-16;1-18(8-9-18)17(21)20-10-6-14(7-11-20)12-24-13-25(22,23)16-4-2-15(19)3-5-16;1-18(2,3)23-17(21)20-10-8-14(9-11-20)12-22-13-24-16-6-4-15(19)5-7-16;14-12-1-3-13(4-2-12)19(16,17)10-18-9-11-5-7-15-8-6-11;8-6-1-3-7(4-2-6)10-5-9/h6-9,18H,10-17H2,1-5H3;4-7,14H,8-13H2,1-3H3;2-5,14H,6-13H2,1H3;4-7,14H,8-13H2,1-3H3;1-4,11,15H,5-10H2;1-4H,5H2. The minimum Gasteiger partial charge on any atom is -0.444 e. The lowest BCUT2D eigenvalue weighted by molar-refractivity contribution is -0.138. The Labute approximate surface area is 869 Å². The molecule has 6 aliphatic heterocycles. The van der Waals surface area contributed by atoms with Crippen molar-refractivity contribution in [3.05, 3.63) is 168 Å². The fraction of sp³-hybridized carbons (Fsp3) is 0.592. The van der Waals surface area contributed by atoms with E-state index >= 15 is 0 Å². The second-order valence-electron chi connectivity index (χ2n) is 39.3. The fourth-order valence-corrected chi connectivity index (χ4v) is 22.0. The molecule has 8 fully saturated rings. The van der Waals surface area contributed by atoms with Crippen molar-refractivity contribution in [2.24, 2.45) is 40.4 Å². The smallest absolute Gasteiger partial charge is 0.444 e. The van der Waals surface area contributed by atoms with Gasteiger partial charge in [-0.05, 0) is 341 Å². The minimum absolute atomic E-state index is 0.109. The highest BCUT2D eigenvalue weighted by Crippen LogP contribution is 2.48. The summed E-state index contributed by atoms with van der Waals surface area (Å²) >= 11 is 25.5. The number of benzene rings is 6. The largest absolute Gasteiger partial charge is 0.494 e. The number of rotatable bonds is 30. The number of halogens is 6. The average molecular weight is 2360 g/mol. The van der Waals surface area contributed by atoms with Crippen molar-refractivity contribution in [1.29, 1.82) is 0 Å². The number of amides is 4. The van der Waals surface area contributed by atoms with Gasteiger partial charge in [0, 0.05) is 95.3 Å². The van der Waals surface area contributed by atoms with E-state index in [4.69, 9.17) is 54.1 Å². The van der Waals surface area contributed by atoms with Crippen molar-refractivity contribution in [1.82, 2.24) is 24.9 Å². The number of thioether (sulfide) groups is 2. The number of carbonyl (C=O) groups excluding carboxylic acids is 4. The molecule has 26 nitrogen and oxygen atoms in total. The van der Waals surface area contributed by atoms with Gasteiger partial charge in [0.1, 0.15) is 11.2 Å². The number of alkyl halides is 1. The van der Waals surface area contributed by atoms with Gasteiger partial charge in [-0.1, -0.05) is 117 Å². The summed E-state index contributed by atoms with van der Waals surface area (Å²) in [5.41, 5.74) is -1.28. The predicted molar refractivity (Wildman–Crippen MR) is 558 cm³/mol. The van der Waals surface area contributed by atoms with Gasteiger partial charge in [-0.3, -0.25) is 9.59 Å². The summed E-state index contributed by atoms with van der Waals surface area (Å²) in [6, 6.07) is 42.7. The van der Waals surface area contributed by atoms with Crippen LogP contribution in [0.4, 0.5) is 9.59 Å². The zero-order chi connectivity index (χ0) is 100. The molecule has 39 heteroatoms. The number of piperidine rings is 5. The fourth-order valence-electron chi connectivity index (χ4n) is 15.2. The lowest BCUT2D eigenvalue weighted by Crippen LogP contribution is -2.42. The zero-order valence-corrected chi connectivity index (χ0v) is 94.2. The summed E-state index contributed by atoms with van der Waals surface area (Å²) in [4.78, 5) is 59.7. The molecular weight excluding hydrogens is 2220 g/mol. The van der Waals surface area contributed by atoms with Crippen molar-refractivity contribution in [2.75, 3.05) is 133 Å². The monoisotopic (exact) mass is 2350 g/mol. The van der Waals surface area contributed by atoms with E-state index in [1.807, 2.05) is 129 Å². The molecule has 2 saturated carbocycles. The van der Waals surface area contributed by atoms with Crippen LogP contribution in [0.5, 0.6) is 0 Å². The van der Waals surface area contributed by atoms with Crippen LogP contribution in [0.15, 0.2) is 197 Å². The second kappa shape index (κ2) is 53.7. The molecule has 0 atom stereocenters. The Bertz CT molecular complexity index is 5250. The predicted octanol–water partition coefficient (Wildman–Crippen LogP) is 20.9. The zero-order valence-electron chi connectivity index (χ0n) is 80.6. The maximum absolute atomic E-state index is 12.7. The number of sulfone groups is 4. The van der Waals surface area contributed by atoms with Crippen LogP contribution in [0, 0.1) is 40.4 Å². The van der Waals surface area contributed by atoms with E-state index in [0.29, 0.717) is 73.3 Å². The third-order valence-corrected chi connectivity index (χ3v) is 35.4. The Morgan fingerprint density at radius 2 is 0.628 bits per heavy atom. The molecule has 6 heterocycles. The molecular formula is C98H136BBr5ClN5O21S6. The minimum atomic E-state index is -3.55. The van der Waals surface area contributed by atoms with Crippen LogP contribution < -0.4 is 10.8 Å². The summed E-state index contributed by atoms with van der Waals surface area (Å²) in [5, 5.41) is 3.89. The van der Waals surface area contributed by atoms with Crippen LogP contribution in [-0.4, -0.2) is 240 Å². The van der Waals surface area contributed by atoms with Crippen LogP contribution in [0.25, 0.3) is 0 Å². The molecule has 0 bridgehead atoms. The van der Waals surface area contributed by atoms with E-state index in [1.54, 1.807) is 130 Å². The lowest BCUT2D eigenvalue weighted by Gasteiger charge is -2.33. The number of hydrogen-bond acceptors (Lipinski definition) is 24. The number of hydrogen-bond donors (Lipinski definition) is 1. The molecule has 6 saturated heterocycles. The van der Waals surface area contributed by atoms with Gasteiger partial charge in [-0.15, -0.1) is 23.4 Å². The van der Waals surface area contributed by atoms with Crippen molar-refractivity contribution in [2.45, 2.75) is 225 Å². The maximum atomic E-state index is 12.7. The van der Waals surface area contributed by atoms with Gasteiger partial charge < -0.3 is 67.4 Å². The summed E-state index contributed by atoms with van der Waals surface area (Å²) in [6.07, 6.45) is 12.5. The molecule has 137 heavy (non-hydrogen) atoms. The Kier molecular flexibility index (Phi) is 45.6. The van der Waals surface area contributed by atoms with Crippen LogP contribution in [-0.2, 0) is 91.4 Å². The Morgan fingerprint density at radius 3 is 0.898 bits per heavy atom. The number of nitrogens with one attached hydrogen (secondary N) is 1. The third-order valence-electron chi connectivity index (χ3n) is 25.0. The molecule has 6 aromatic carbocycles. The Hall–Kier alpha value is -4.27. The number of ether oxygens (including phenoxy) is 7. The second-order valence-corrected chi connectivity index (χ2v) is 54.3. The summed E-state index contributed by atoms with van der Waals surface area (Å²) < 4.78 is 154. The molecule has 0 spiro atoms. The molecule has 2 aliphatic carbocycles. The average Bonchev–Trinajstić information content (AvgIpc) is 1.39. The molecule has 14 rings (SSSR count). The number of nitrogens with zero attached hydrogens (tertiary/aromatic N) is 4. The third kappa shape index (κ3) is 39.6. The highest BCUT2D eigenvalue weighted by Gasteiger charge is 2.52. The molecule has 0 aromatic heterocycles. The van der Waals surface area contributed by atoms with Gasteiger partial charge >= 0.3 is 19.3 Å². The van der Waals surface area contributed by atoms with Crippen LogP contribution >= 0.6 is 115 Å². The number of likely N-dealkylation sites (tertiary alicyclic amines) is 4. The van der Waals surface area contributed by atoms with Crippen molar-refractivity contribution in [3.63, 3.8) is 0 Å². The SMILES string of the molecule is CC(C)(C)OC(=O)N1CCC(COCS(=O)(=O)c2ccc(Br)cc2)CC1.CC(C)(C)OC(=O)N1CCC(COCSc2ccc(Br)cc2)CC1.CC1(C(=O)N2CCC(COCS(=O)(=O)c3ccc(B4OC(C)(C)C(C)(C)O4)cc3)CC2)CC1.CC1(C(=O)N2CCC(COCS(=O)(=O)c3ccc(Br)cc3)CC2)CC1.ClCSc1ccc(Br)cc1.O=S(=O)(COCC1CCNCC1)c1ccc(Br)cc1. The van der Waals surface area contributed by atoms with E-state index in [9.17, 15) is 52.8 Å². The highest BCUT2D eigenvalue weighted by atomic mass is 79.9. The highest BCUT2D eigenvalue weighted by molar-refractivity contribution is 9.11. The molecule has 4 amide bonds. The van der Waals surface area contributed by atoms with E-state index in [0.717, 1.165) is 177 Å². The normalized spacial score (nSPS) is 18.7. The van der Waals surface area contributed by atoms with Crippen LogP contribution in [0.2, 0.25) is 0 Å². The van der Waals surface area contributed by atoms with Gasteiger partial charge in [-0.25, -0.2) is 43.3 Å². The first-order valence-electron chi connectivity index (χ1n) is 46.5. The molecule has 0 unspecified atom stereocenters. The molecule has 8 aliphatic rings. The Balaban J connectivity index is 0.000000188. The molecule has 0 radical (unpaired) electrons. The van der Waals surface area contributed by atoms with E-state index in [1.165, 1.54) is 9.79 Å². The summed E-state index contributed by atoms with van der Waals surface area (Å²) in [7, 11) is -14.3. The summed E-state index contributed by atoms with van der Waals surface area (Å²) in [6.45, 7) is 33.4. The number of carbonyl (C=O) groups is 4. The van der Waals surface area contributed by atoms with Gasteiger partial charge in [0.15, 0.2) is 23.8 Å². The topological polar surface area (TPSA) is 313 Å². The van der Waals surface area contributed by atoms with Crippen molar-refractivity contribution < 1.29 is 95.3 Å². The lowest BCUT2D eigenvalue weighted by atomic mass is 9.79. The van der Waals surface area contributed by atoms with Crippen molar-refractivity contribution in [3.8, 4) is 0 Å². The maximum Gasteiger partial charge on any atom is 0.494 e. The van der Waals surface area contributed by atoms with Gasteiger partial charge in [0.2, 0.25) is 51.2 Å². The first-order chi connectivity index (χ1) is 64.4. The van der Waals surface area contributed by atoms with E-state index < -0.39 is 68.9 Å². The van der Waals surface area contributed by atoms with Crippen LogP contribution in [0.1, 0.15) is 173 Å². The van der Waals surface area contributed by atoms with Gasteiger partial charge in [0.25, 0.3) is 0 Å². The molecule has 6 aromatic rings. The molecule has 1 N–H and O–H groups in total. The van der Waals surface area contributed by atoms with E-state index in [-0.39, 0.29) is 85.1 Å². The first kappa shape index (κ1) is 116. The van der Waals surface area contributed by atoms with E-state index in [2.05, 4.69) is 97.1 Å². The first-order valence-corrected chi connectivity index (χ1v) is 59.6. The van der Waals surface area contributed by atoms with Crippen LogP contribution in [0.3, 0.4) is 0 Å². The quantitative estimate of drug-likeness (QED) is 0.0144.